The molecule has 1 heterocycles. The Hall–Kier alpha value is -0.0800. The van der Waals surface area contributed by atoms with Crippen molar-refractivity contribution in [1.29, 1.82) is 0 Å². The minimum absolute atomic E-state index is 0.00708. The predicted octanol–water partition coefficient (Wildman–Crippen LogP) is 3.17. The standard InChI is InChI=1S/C14H27NO/c1-11(2)12-8-15-14(16-9-12)7-5-6-13(3,4)10-14/h11-12,15H,5-10H2,1-4H3. The van der Waals surface area contributed by atoms with Crippen LogP contribution >= 0.6 is 0 Å². The maximum atomic E-state index is 6.20. The van der Waals surface area contributed by atoms with E-state index in [-0.39, 0.29) is 5.72 Å². The van der Waals surface area contributed by atoms with Crippen LogP contribution in [0.1, 0.15) is 53.4 Å². The van der Waals surface area contributed by atoms with Crippen LogP contribution in [-0.2, 0) is 4.74 Å². The highest BCUT2D eigenvalue weighted by molar-refractivity contribution is 4.93. The third-order valence-corrected chi connectivity index (χ3v) is 4.40. The van der Waals surface area contributed by atoms with Crippen LogP contribution in [0.2, 0.25) is 0 Å². The minimum Gasteiger partial charge on any atom is -0.360 e. The summed E-state index contributed by atoms with van der Waals surface area (Å²) in [7, 11) is 0. The van der Waals surface area contributed by atoms with Gasteiger partial charge in [0.25, 0.3) is 0 Å². The highest BCUT2D eigenvalue weighted by Gasteiger charge is 2.43. The molecule has 2 rings (SSSR count). The Bertz CT molecular complexity index is 239. The van der Waals surface area contributed by atoms with E-state index in [0.29, 0.717) is 11.3 Å². The van der Waals surface area contributed by atoms with Gasteiger partial charge in [0.1, 0.15) is 5.72 Å². The van der Waals surface area contributed by atoms with Crippen LogP contribution in [-0.4, -0.2) is 18.9 Å². The molecule has 1 spiro atoms. The highest BCUT2D eigenvalue weighted by Crippen LogP contribution is 2.43. The molecule has 2 fully saturated rings. The molecule has 1 N–H and O–H groups in total. The van der Waals surface area contributed by atoms with Crippen molar-refractivity contribution in [2.75, 3.05) is 13.2 Å². The Kier molecular flexibility index (Phi) is 3.33. The first kappa shape index (κ1) is 12.4. The van der Waals surface area contributed by atoms with Gasteiger partial charge in [-0.3, -0.25) is 5.32 Å². The predicted molar refractivity (Wildman–Crippen MR) is 67.3 cm³/mol. The molecular weight excluding hydrogens is 198 g/mol. The van der Waals surface area contributed by atoms with Gasteiger partial charge < -0.3 is 4.74 Å². The third-order valence-electron chi connectivity index (χ3n) is 4.40. The average Bonchev–Trinajstić information content (AvgIpc) is 2.16. The first-order valence-corrected chi connectivity index (χ1v) is 6.82. The minimum atomic E-state index is 0.00708. The summed E-state index contributed by atoms with van der Waals surface area (Å²) >= 11 is 0. The summed E-state index contributed by atoms with van der Waals surface area (Å²) in [5, 5.41) is 3.70. The van der Waals surface area contributed by atoms with Gasteiger partial charge >= 0.3 is 0 Å². The van der Waals surface area contributed by atoms with E-state index in [1.807, 2.05) is 0 Å². The van der Waals surface area contributed by atoms with Crippen LogP contribution < -0.4 is 5.32 Å². The summed E-state index contributed by atoms with van der Waals surface area (Å²) in [5.41, 5.74) is 0.447. The van der Waals surface area contributed by atoms with E-state index in [9.17, 15) is 0 Å². The fourth-order valence-corrected chi connectivity index (χ4v) is 3.20. The van der Waals surface area contributed by atoms with Gasteiger partial charge in [0.15, 0.2) is 0 Å². The quantitative estimate of drug-likeness (QED) is 0.740. The van der Waals surface area contributed by atoms with E-state index in [1.54, 1.807) is 0 Å². The van der Waals surface area contributed by atoms with Crippen LogP contribution in [0.5, 0.6) is 0 Å². The Labute approximate surface area is 100 Å². The van der Waals surface area contributed by atoms with E-state index in [4.69, 9.17) is 4.74 Å². The van der Waals surface area contributed by atoms with Gasteiger partial charge in [-0.15, -0.1) is 0 Å². The number of rotatable bonds is 1. The molecule has 0 bridgehead atoms. The SMILES string of the molecule is CC(C)C1CNC2(CCCC(C)(C)C2)OC1. The zero-order valence-electron chi connectivity index (χ0n) is 11.3. The monoisotopic (exact) mass is 225 g/mol. The number of ether oxygens (including phenoxy) is 1. The zero-order chi connectivity index (χ0) is 11.8. The number of hydrogen-bond donors (Lipinski definition) is 1. The normalized spacial score (nSPS) is 39.2. The van der Waals surface area contributed by atoms with Gasteiger partial charge in [-0.1, -0.05) is 27.7 Å². The van der Waals surface area contributed by atoms with Gasteiger partial charge in [0.2, 0.25) is 0 Å². The maximum Gasteiger partial charge on any atom is 0.119 e. The van der Waals surface area contributed by atoms with Crippen LogP contribution in [0.4, 0.5) is 0 Å². The molecule has 1 saturated heterocycles. The van der Waals surface area contributed by atoms with Crippen molar-refractivity contribution in [3.8, 4) is 0 Å². The first-order valence-electron chi connectivity index (χ1n) is 6.82. The molecular formula is C14H27NO. The fourth-order valence-electron chi connectivity index (χ4n) is 3.20. The molecule has 94 valence electrons. The molecule has 0 radical (unpaired) electrons. The zero-order valence-corrected chi connectivity index (χ0v) is 11.3. The second-order valence-corrected chi connectivity index (χ2v) is 6.88. The van der Waals surface area contributed by atoms with Crippen molar-refractivity contribution in [3.63, 3.8) is 0 Å². The van der Waals surface area contributed by atoms with Gasteiger partial charge in [-0.05, 0) is 42.9 Å². The molecule has 2 nitrogen and oxygen atoms in total. The maximum absolute atomic E-state index is 6.20. The van der Waals surface area contributed by atoms with Crippen LogP contribution in [0.15, 0.2) is 0 Å². The molecule has 2 aliphatic rings. The van der Waals surface area contributed by atoms with Gasteiger partial charge in [-0.25, -0.2) is 0 Å². The Morgan fingerprint density at radius 3 is 2.50 bits per heavy atom. The van der Waals surface area contributed by atoms with Gasteiger partial charge in [0.05, 0.1) is 6.61 Å². The lowest BCUT2D eigenvalue weighted by Gasteiger charge is -2.49. The lowest BCUT2D eigenvalue weighted by atomic mass is 9.72. The molecule has 0 aromatic carbocycles. The lowest BCUT2D eigenvalue weighted by molar-refractivity contribution is -0.159. The van der Waals surface area contributed by atoms with Crippen LogP contribution in [0, 0.1) is 17.3 Å². The highest BCUT2D eigenvalue weighted by atomic mass is 16.5. The van der Waals surface area contributed by atoms with Gasteiger partial charge in [0, 0.05) is 6.54 Å². The lowest BCUT2D eigenvalue weighted by Crippen LogP contribution is -2.58. The molecule has 1 aliphatic heterocycles. The van der Waals surface area contributed by atoms with Crippen molar-refractivity contribution >= 4 is 0 Å². The molecule has 1 saturated carbocycles. The summed E-state index contributed by atoms with van der Waals surface area (Å²) in [6, 6.07) is 0. The summed E-state index contributed by atoms with van der Waals surface area (Å²) in [6.07, 6.45) is 5.01. The molecule has 16 heavy (non-hydrogen) atoms. The average molecular weight is 225 g/mol. The summed E-state index contributed by atoms with van der Waals surface area (Å²) in [5.74, 6) is 1.41. The van der Waals surface area contributed by atoms with E-state index >= 15 is 0 Å². The van der Waals surface area contributed by atoms with Gasteiger partial charge in [-0.2, -0.15) is 0 Å². The van der Waals surface area contributed by atoms with Crippen molar-refractivity contribution in [2.24, 2.45) is 17.3 Å². The molecule has 0 amide bonds. The summed E-state index contributed by atoms with van der Waals surface area (Å²) in [4.78, 5) is 0. The van der Waals surface area contributed by atoms with E-state index in [1.165, 1.54) is 25.7 Å². The molecule has 0 aromatic heterocycles. The molecule has 2 heteroatoms. The number of hydrogen-bond acceptors (Lipinski definition) is 2. The van der Waals surface area contributed by atoms with Crippen molar-refractivity contribution in [2.45, 2.75) is 59.1 Å². The van der Waals surface area contributed by atoms with E-state index in [2.05, 4.69) is 33.0 Å². The third kappa shape index (κ3) is 2.60. The second-order valence-electron chi connectivity index (χ2n) is 6.88. The van der Waals surface area contributed by atoms with Crippen molar-refractivity contribution in [1.82, 2.24) is 5.32 Å². The van der Waals surface area contributed by atoms with Crippen LogP contribution in [0.25, 0.3) is 0 Å². The molecule has 2 unspecified atom stereocenters. The Balaban J connectivity index is 1.96. The first-order chi connectivity index (χ1) is 7.43. The second kappa shape index (κ2) is 4.30. The Morgan fingerprint density at radius 1 is 1.25 bits per heavy atom. The van der Waals surface area contributed by atoms with E-state index < -0.39 is 0 Å². The van der Waals surface area contributed by atoms with Crippen molar-refractivity contribution < 1.29 is 4.74 Å². The fraction of sp³-hybridized carbons (Fsp3) is 1.00. The Morgan fingerprint density at radius 2 is 2.00 bits per heavy atom. The summed E-state index contributed by atoms with van der Waals surface area (Å²) in [6.45, 7) is 11.4. The smallest absolute Gasteiger partial charge is 0.119 e. The van der Waals surface area contributed by atoms with E-state index in [0.717, 1.165) is 19.1 Å². The molecule has 1 aliphatic carbocycles. The molecule has 2 atom stereocenters. The number of nitrogens with one attached hydrogen (secondary N) is 1. The topological polar surface area (TPSA) is 21.3 Å². The molecule has 0 aromatic rings. The largest absolute Gasteiger partial charge is 0.360 e. The van der Waals surface area contributed by atoms with Crippen LogP contribution in [0.3, 0.4) is 0 Å². The van der Waals surface area contributed by atoms with Crippen molar-refractivity contribution in [3.05, 3.63) is 0 Å². The summed E-state index contributed by atoms with van der Waals surface area (Å²) < 4.78 is 6.20.